The number of carbonyl (C=O) groups excluding carboxylic acids is 1. The van der Waals surface area contributed by atoms with Crippen molar-refractivity contribution >= 4 is 5.91 Å². The lowest BCUT2D eigenvalue weighted by atomic mass is 9.90. The van der Waals surface area contributed by atoms with Crippen molar-refractivity contribution in [1.29, 1.82) is 5.26 Å². The SMILES string of the molecule is CC(C)[C@](C)(C#N)NC(=O)COc1ccc(F)cc1F. The highest BCUT2D eigenvalue weighted by Gasteiger charge is 2.30. The lowest BCUT2D eigenvalue weighted by Gasteiger charge is -2.27. The number of nitriles is 1. The molecule has 0 radical (unpaired) electrons. The fraction of sp³-hybridized carbons (Fsp3) is 0.429. The van der Waals surface area contributed by atoms with Gasteiger partial charge in [-0.05, 0) is 25.0 Å². The van der Waals surface area contributed by atoms with Crippen molar-refractivity contribution < 1.29 is 18.3 Å². The number of benzene rings is 1. The quantitative estimate of drug-likeness (QED) is 0.902. The molecular weight excluding hydrogens is 266 g/mol. The minimum Gasteiger partial charge on any atom is -0.481 e. The van der Waals surface area contributed by atoms with Crippen LogP contribution in [0.15, 0.2) is 18.2 Å². The van der Waals surface area contributed by atoms with Crippen LogP contribution < -0.4 is 10.1 Å². The van der Waals surface area contributed by atoms with Gasteiger partial charge in [-0.2, -0.15) is 5.26 Å². The largest absolute Gasteiger partial charge is 0.481 e. The molecule has 1 aromatic rings. The van der Waals surface area contributed by atoms with Crippen LogP contribution in [0.25, 0.3) is 0 Å². The highest BCUT2D eigenvalue weighted by Crippen LogP contribution is 2.18. The summed E-state index contributed by atoms with van der Waals surface area (Å²) < 4.78 is 30.9. The number of carbonyl (C=O) groups is 1. The summed E-state index contributed by atoms with van der Waals surface area (Å²) in [4.78, 5) is 11.7. The van der Waals surface area contributed by atoms with Gasteiger partial charge in [0.1, 0.15) is 11.4 Å². The maximum atomic E-state index is 13.3. The highest BCUT2D eigenvalue weighted by atomic mass is 19.1. The van der Waals surface area contributed by atoms with Crippen LogP contribution in [0.3, 0.4) is 0 Å². The Kier molecular flexibility index (Phi) is 5.03. The normalized spacial score (nSPS) is 13.4. The van der Waals surface area contributed by atoms with Gasteiger partial charge >= 0.3 is 0 Å². The lowest BCUT2D eigenvalue weighted by molar-refractivity contribution is -0.124. The van der Waals surface area contributed by atoms with E-state index in [0.717, 1.165) is 12.1 Å². The molecule has 0 heterocycles. The van der Waals surface area contributed by atoms with E-state index >= 15 is 0 Å². The van der Waals surface area contributed by atoms with Crippen LogP contribution in [-0.4, -0.2) is 18.1 Å². The second kappa shape index (κ2) is 6.33. The van der Waals surface area contributed by atoms with E-state index in [1.54, 1.807) is 20.8 Å². The summed E-state index contributed by atoms with van der Waals surface area (Å²) in [6, 6.07) is 4.81. The topological polar surface area (TPSA) is 62.1 Å². The Morgan fingerprint density at radius 3 is 2.65 bits per heavy atom. The predicted molar refractivity (Wildman–Crippen MR) is 68.9 cm³/mol. The maximum absolute atomic E-state index is 13.3. The number of nitrogens with one attached hydrogen (secondary N) is 1. The van der Waals surface area contributed by atoms with Crippen molar-refractivity contribution in [2.45, 2.75) is 26.3 Å². The van der Waals surface area contributed by atoms with Crippen LogP contribution in [0.2, 0.25) is 0 Å². The van der Waals surface area contributed by atoms with Crippen molar-refractivity contribution in [2.75, 3.05) is 6.61 Å². The molecule has 1 aromatic carbocycles. The molecule has 20 heavy (non-hydrogen) atoms. The molecule has 0 fully saturated rings. The molecule has 0 aliphatic heterocycles. The molecule has 0 unspecified atom stereocenters. The number of rotatable bonds is 5. The molecule has 1 rings (SSSR count). The van der Waals surface area contributed by atoms with E-state index in [9.17, 15) is 13.6 Å². The first-order chi connectivity index (χ1) is 9.28. The molecule has 1 N–H and O–H groups in total. The van der Waals surface area contributed by atoms with Crippen LogP contribution in [0.1, 0.15) is 20.8 Å². The van der Waals surface area contributed by atoms with E-state index in [0.29, 0.717) is 6.07 Å². The summed E-state index contributed by atoms with van der Waals surface area (Å²) in [6.45, 7) is 4.73. The highest BCUT2D eigenvalue weighted by molar-refractivity contribution is 5.78. The van der Waals surface area contributed by atoms with Crippen molar-refractivity contribution in [3.05, 3.63) is 29.8 Å². The van der Waals surface area contributed by atoms with Gasteiger partial charge in [0.2, 0.25) is 0 Å². The van der Waals surface area contributed by atoms with E-state index < -0.39 is 29.7 Å². The molecule has 6 heteroatoms. The van der Waals surface area contributed by atoms with Gasteiger partial charge in [-0.25, -0.2) is 8.78 Å². The van der Waals surface area contributed by atoms with Crippen LogP contribution in [-0.2, 0) is 4.79 Å². The monoisotopic (exact) mass is 282 g/mol. The van der Waals surface area contributed by atoms with E-state index in [1.165, 1.54) is 0 Å². The van der Waals surface area contributed by atoms with E-state index in [-0.39, 0.29) is 11.7 Å². The summed E-state index contributed by atoms with van der Waals surface area (Å²) in [5, 5.41) is 11.6. The molecule has 0 saturated heterocycles. The fourth-order valence-electron chi connectivity index (χ4n) is 1.36. The molecule has 1 atom stereocenters. The molecular formula is C14H16F2N2O2. The van der Waals surface area contributed by atoms with Gasteiger partial charge in [0.25, 0.3) is 5.91 Å². The Balaban J connectivity index is 2.62. The van der Waals surface area contributed by atoms with Crippen molar-refractivity contribution in [3.63, 3.8) is 0 Å². The Hall–Kier alpha value is -2.16. The van der Waals surface area contributed by atoms with Gasteiger partial charge < -0.3 is 10.1 Å². The van der Waals surface area contributed by atoms with Gasteiger partial charge in [-0.1, -0.05) is 13.8 Å². The lowest BCUT2D eigenvalue weighted by Crippen LogP contribution is -2.50. The average Bonchev–Trinajstić information content (AvgIpc) is 2.37. The van der Waals surface area contributed by atoms with Gasteiger partial charge in [0, 0.05) is 6.07 Å². The Morgan fingerprint density at radius 2 is 2.15 bits per heavy atom. The third-order valence-corrected chi connectivity index (χ3v) is 3.04. The maximum Gasteiger partial charge on any atom is 0.259 e. The van der Waals surface area contributed by atoms with Crippen LogP contribution in [0, 0.1) is 28.9 Å². The Labute approximate surface area is 116 Å². The zero-order valence-corrected chi connectivity index (χ0v) is 11.5. The van der Waals surface area contributed by atoms with Gasteiger partial charge in [-0.15, -0.1) is 0 Å². The first-order valence-electron chi connectivity index (χ1n) is 6.08. The summed E-state index contributed by atoms with van der Waals surface area (Å²) in [5.74, 6) is -2.48. The average molecular weight is 282 g/mol. The molecule has 0 aliphatic carbocycles. The van der Waals surface area contributed by atoms with Crippen molar-refractivity contribution in [3.8, 4) is 11.8 Å². The summed E-state index contributed by atoms with van der Waals surface area (Å²) in [7, 11) is 0. The van der Waals surface area contributed by atoms with E-state index in [4.69, 9.17) is 10.00 Å². The second-order valence-electron chi connectivity index (χ2n) is 4.88. The Bertz CT molecular complexity index is 540. The molecule has 0 bridgehead atoms. The number of halogens is 2. The fourth-order valence-corrected chi connectivity index (χ4v) is 1.36. The molecule has 1 amide bonds. The van der Waals surface area contributed by atoms with E-state index in [1.807, 2.05) is 6.07 Å². The molecule has 0 spiro atoms. The molecule has 4 nitrogen and oxygen atoms in total. The van der Waals surface area contributed by atoms with Gasteiger partial charge in [0.15, 0.2) is 18.2 Å². The number of hydrogen-bond donors (Lipinski definition) is 1. The van der Waals surface area contributed by atoms with E-state index in [2.05, 4.69) is 5.32 Å². The summed E-state index contributed by atoms with van der Waals surface area (Å²) in [5.41, 5.74) is -1.03. The first kappa shape index (κ1) is 15.9. The number of nitrogens with zero attached hydrogens (tertiary/aromatic N) is 1. The second-order valence-corrected chi connectivity index (χ2v) is 4.88. The zero-order chi connectivity index (χ0) is 15.3. The zero-order valence-electron chi connectivity index (χ0n) is 11.5. The van der Waals surface area contributed by atoms with Gasteiger partial charge in [-0.3, -0.25) is 4.79 Å². The predicted octanol–water partition coefficient (Wildman–Crippen LogP) is 2.40. The minimum absolute atomic E-state index is 0.0981. The van der Waals surface area contributed by atoms with Crippen LogP contribution >= 0.6 is 0 Å². The van der Waals surface area contributed by atoms with Crippen molar-refractivity contribution in [2.24, 2.45) is 5.92 Å². The Morgan fingerprint density at radius 1 is 1.50 bits per heavy atom. The molecule has 108 valence electrons. The number of amides is 1. The number of ether oxygens (including phenoxy) is 1. The molecule has 0 saturated carbocycles. The standard InChI is InChI=1S/C14H16F2N2O2/c1-9(2)14(3,8-17)18-13(19)7-20-12-5-4-10(15)6-11(12)16/h4-6,9H,7H2,1-3H3,(H,18,19)/t14-/m0/s1. The van der Waals surface area contributed by atoms with Crippen LogP contribution in [0.5, 0.6) is 5.75 Å². The first-order valence-corrected chi connectivity index (χ1v) is 6.08. The third kappa shape index (κ3) is 3.92. The number of hydrogen-bond acceptors (Lipinski definition) is 3. The third-order valence-electron chi connectivity index (χ3n) is 3.04. The molecule has 0 aliphatic rings. The van der Waals surface area contributed by atoms with Crippen LogP contribution in [0.4, 0.5) is 8.78 Å². The summed E-state index contributed by atoms with van der Waals surface area (Å²) in [6.07, 6.45) is 0. The summed E-state index contributed by atoms with van der Waals surface area (Å²) >= 11 is 0. The van der Waals surface area contributed by atoms with Gasteiger partial charge in [0.05, 0.1) is 6.07 Å². The van der Waals surface area contributed by atoms with Crippen molar-refractivity contribution in [1.82, 2.24) is 5.32 Å². The minimum atomic E-state index is -1.03. The molecule has 0 aromatic heterocycles. The smallest absolute Gasteiger partial charge is 0.259 e.